The quantitative estimate of drug-likeness (QED) is 0.677. The van der Waals surface area contributed by atoms with Crippen molar-refractivity contribution in [2.75, 3.05) is 17.7 Å². The minimum absolute atomic E-state index is 0.235. The van der Waals surface area contributed by atoms with Gasteiger partial charge in [-0.15, -0.1) is 0 Å². The molecule has 0 bridgehead atoms. The van der Waals surface area contributed by atoms with E-state index in [9.17, 15) is 9.18 Å². The van der Waals surface area contributed by atoms with E-state index >= 15 is 0 Å². The van der Waals surface area contributed by atoms with Gasteiger partial charge < -0.3 is 15.4 Å². The zero-order valence-corrected chi connectivity index (χ0v) is 14.3. The van der Waals surface area contributed by atoms with Crippen LogP contribution in [0, 0.1) is 5.82 Å². The predicted molar refractivity (Wildman–Crippen MR) is 101 cm³/mol. The standard InChI is InChI=1S/C21H19FN2O2/c1-26-20-9-5-3-7-18(20)21(25)24-17-12-10-16(11-13-17)23-14-15-6-2-4-8-19(15)22/h2-13,23H,14H2,1H3,(H,24,25). The topological polar surface area (TPSA) is 50.4 Å². The Bertz CT molecular complexity index is 895. The molecule has 4 nitrogen and oxygen atoms in total. The minimum atomic E-state index is -0.241. The molecule has 3 rings (SSSR count). The Morgan fingerprint density at radius 1 is 0.923 bits per heavy atom. The van der Waals surface area contributed by atoms with E-state index in [0.29, 0.717) is 29.1 Å². The molecule has 0 aromatic heterocycles. The third-order valence-corrected chi connectivity index (χ3v) is 3.94. The fourth-order valence-corrected chi connectivity index (χ4v) is 2.54. The predicted octanol–water partition coefficient (Wildman–Crippen LogP) is 4.70. The molecule has 26 heavy (non-hydrogen) atoms. The van der Waals surface area contributed by atoms with E-state index in [1.165, 1.54) is 13.2 Å². The molecule has 0 radical (unpaired) electrons. The highest BCUT2D eigenvalue weighted by molar-refractivity contribution is 6.06. The lowest BCUT2D eigenvalue weighted by molar-refractivity contribution is 0.102. The maximum Gasteiger partial charge on any atom is 0.259 e. The maximum atomic E-state index is 13.6. The number of halogens is 1. The van der Waals surface area contributed by atoms with Crippen LogP contribution in [0.15, 0.2) is 72.8 Å². The molecule has 0 saturated heterocycles. The van der Waals surface area contributed by atoms with Crippen molar-refractivity contribution in [3.05, 3.63) is 89.7 Å². The van der Waals surface area contributed by atoms with Crippen LogP contribution in [0.5, 0.6) is 5.75 Å². The third kappa shape index (κ3) is 4.19. The Morgan fingerprint density at radius 2 is 1.58 bits per heavy atom. The summed E-state index contributed by atoms with van der Waals surface area (Å²) in [5, 5.41) is 6.00. The van der Waals surface area contributed by atoms with Crippen LogP contribution in [0.1, 0.15) is 15.9 Å². The number of para-hydroxylation sites is 1. The summed E-state index contributed by atoms with van der Waals surface area (Å²) in [4.78, 5) is 12.4. The molecule has 0 atom stereocenters. The van der Waals surface area contributed by atoms with Crippen molar-refractivity contribution in [3.8, 4) is 5.75 Å². The first kappa shape index (κ1) is 17.5. The van der Waals surface area contributed by atoms with Crippen LogP contribution in [0.3, 0.4) is 0 Å². The molecular formula is C21H19FN2O2. The highest BCUT2D eigenvalue weighted by atomic mass is 19.1. The smallest absolute Gasteiger partial charge is 0.259 e. The van der Waals surface area contributed by atoms with Gasteiger partial charge in [0.2, 0.25) is 0 Å². The van der Waals surface area contributed by atoms with Crippen molar-refractivity contribution in [1.82, 2.24) is 0 Å². The van der Waals surface area contributed by atoms with Gasteiger partial charge in [0.05, 0.1) is 12.7 Å². The average Bonchev–Trinajstić information content (AvgIpc) is 2.68. The van der Waals surface area contributed by atoms with Gasteiger partial charge in [0.15, 0.2) is 0 Å². The molecule has 0 heterocycles. The van der Waals surface area contributed by atoms with Gasteiger partial charge in [0.25, 0.3) is 5.91 Å². The minimum Gasteiger partial charge on any atom is -0.496 e. The summed E-state index contributed by atoms with van der Waals surface area (Å²) < 4.78 is 18.8. The second-order valence-corrected chi connectivity index (χ2v) is 5.68. The normalized spacial score (nSPS) is 10.2. The maximum absolute atomic E-state index is 13.6. The van der Waals surface area contributed by atoms with E-state index in [-0.39, 0.29) is 11.7 Å². The number of amides is 1. The Morgan fingerprint density at radius 3 is 2.31 bits per heavy atom. The molecule has 132 valence electrons. The van der Waals surface area contributed by atoms with E-state index in [1.54, 1.807) is 48.5 Å². The van der Waals surface area contributed by atoms with E-state index in [2.05, 4.69) is 10.6 Å². The first-order valence-corrected chi connectivity index (χ1v) is 8.19. The lowest BCUT2D eigenvalue weighted by Gasteiger charge is -2.11. The van der Waals surface area contributed by atoms with Crippen LogP contribution in [0.2, 0.25) is 0 Å². The van der Waals surface area contributed by atoms with Crippen molar-refractivity contribution in [3.63, 3.8) is 0 Å². The molecule has 0 spiro atoms. The Balaban J connectivity index is 1.62. The molecule has 2 N–H and O–H groups in total. The Hall–Kier alpha value is -3.34. The summed E-state index contributed by atoms with van der Waals surface area (Å²) in [6.45, 7) is 0.388. The van der Waals surface area contributed by atoms with Crippen molar-refractivity contribution >= 4 is 17.3 Å². The lowest BCUT2D eigenvalue weighted by atomic mass is 10.1. The van der Waals surface area contributed by atoms with Crippen LogP contribution in [0.25, 0.3) is 0 Å². The molecule has 0 fully saturated rings. The molecule has 0 unspecified atom stereocenters. The number of methoxy groups -OCH3 is 1. The number of rotatable bonds is 6. The molecular weight excluding hydrogens is 331 g/mol. The summed E-state index contributed by atoms with van der Waals surface area (Å²) in [5.41, 5.74) is 2.57. The number of carbonyl (C=O) groups is 1. The summed E-state index contributed by atoms with van der Waals surface area (Å²) in [7, 11) is 1.53. The monoisotopic (exact) mass is 350 g/mol. The molecule has 0 aliphatic rings. The molecule has 3 aromatic rings. The lowest BCUT2D eigenvalue weighted by Crippen LogP contribution is -2.13. The van der Waals surface area contributed by atoms with Crippen LogP contribution in [0.4, 0.5) is 15.8 Å². The molecule has 0 aliphatic heterocycles. The Kier molecular flexibility index (Phi) is 5.49. The zero-order chi connectivity index (χ0) is 18.4. The number of hydrogen-bond acceptors (Lipinski definition) is 3. The molecule has 3 aromatic carbocycles. The van der Waals surface area contributed by atoms with Gasteiger partial charge in [-0.3, -0.25) is 4.79 Å². The van der Waals surface area contributed by atoms with Crippen LogP contribution >= 0.6 is 0 Å². The van der Waals surface area contributed by atoms with Crippen molar-refractivity contribution in [2.24, 2.45) is 0 Å². The number of benzene rings is 3. The number of nitrogens with one attached hydrogen (secondary N) is 2. The van der Waals surface area contributed by atoms with E-state index in [0.717, 1.165) is 5.69 Å². The van der Waals surface area contributed by atoms with Gasteiger partial charge in [0.1, 0.15) is 11.6 Å². The number of carbonyl (C=O) groups excluding carboxylic acids is 1. The number of hydrogen-bond donors (Lipinski definition) is 2. The first-order chi connectivity index (χ1) is 12.7. The summed E-state index contributed by atoms with van der Waals surface area (Å²) in [6, 6.07) is 20.9. The molecule has 5 heteroatoms. The average molecular weight is 350 g/mol. The first-order valence-electron chi connectivity index (χ1n) is 8.19. The van der Waals surface area contributed by atoms with Crippen molar-refractivity contribution in [1.29, 1.82) is 0 Å². The largest absolute Gasteiger partial charge is 0.496 e. The van der Waals surface area contributed by atoms with Gasteiger partial charge in [-0.2, -0.15) is 0 Å². The number of ether oxygens (including phenoxy) is 1. The Labute approximate surface area is 151 Å². The summed E-state index contributed by atoms with van der Waals surface area (Å²) >= 11 is 0. The van der Waals surface area contributed by atoms with Gasteiger partial charge >= 0.3 is 0 Å². The van der Waals surface area contributed by atoms with Crippen LogP contribution < -0.4 is 15.4 Å². The molecule has 0 saturated carbocycles. The summed E-state index contributed by atoms with van der Waals surface area (Å²) in [6.07, 6.45) is 0. The second-order valence-electron chi connectivity index (χ2n) is 5.68. The SMILES string of the molecule is COc1ccccc1C(=O)Nc1ccc(NCc2ccccc2F)cc1. The van der Waals surface area contributed by atoms with Crippen molar-refractivity contribution < 1.29 is 13.9 Å². The highest BCUT2D eigenvalue weighted by Crippen LogP contribution is 2.20. The van der Waals surface area contributed by atoms with Gasteiger partial charge in [-0.25, -0.2) is 4.39 Å². The fourth-order valence-electron chi connectivity index (χ4n) is 2.54. The van der Waals surface area contributed by atoms with Gasteiger partial charge in [0, 0.05) is 23.5 Å². The summed E-state index contributed by atoms with van der Waals surface area (Å²) in [5.74, 6) is 0.0448. The molecule has 1 amide bonds. The molecule has 0 aliphatic carbocycles. The van der Waals surface area contributed by atoms with Crippen LogP contribution in [-0.4, -0.2) is 13.0 Å². The van der Waals surface area contributed by atoms with Crippen molar-refractivity contribution in [2.45, 2.75) is 6.54 Å². The second kappa shape index (κ2) is 8.16. The van der Waals surface area contributed by atoms with E-state index < -0.39 is 0 Å². The van der Waals surface area contributed by atoms with Crippen LogP contribution in [-0.2, 0) is 6.54 Å². The highest BCUT2D eigenvalue weighted by Gasteiger charge is 2.11. The third-order valence-electron chi connectivity index (χ3n) is 3.94. The zero-order valence-electron chi connectivity index (χ0n) is 14.3. The van der Waals surface area contributed by atoms with E-state index in [4.69, 9.17) is 4.74 Å². The number of anilines is 2. The fraction of sp³-hybridized carbons (Fsp3) is 0.0952. The van der Waals surface area contributed by atoms with Gasteiger partial charge in [-0.05, 0) is 42.5 Å². The van der Waals surface area contributed by atoms with E-state index in [1.807, 2.05) is 18.2 Å². The van der Waals surface area contributed by atoms with Gasteiger partial charge in [-0.1, -0.05) is 30.3 Å².